The molecule has 0 aliphatic carbocycles. The number of rotatable bonds is 1. The molecule has 3 aliphatic heterocycles. The van der Waals surface area contributed by atoms with E-state index in [9.17, 15) is 22.8 Å². The van der Waals surface area contributed by atoms with Crippen LogP contribution in [-0.4, -0.2) is 24.0 Å². The van der Waals surface area contributed by atoms with Gasteiger partial charge in [-0.15, -0.1) is 0 Å². The number of carbonyl (C=O) groups excluding carboxylic acids is 2. The van der Waals surface area contributed by atoms with Gasteiger partial charge < -0.3 is 4.74 Å². The number of fused-ring (bicyclic) bond motifs is 5. The van der Waals surface area contributed by atoms with Crippen LogP contribution in [0.4, 0.5) is 18.9 Å². The van der Waals surface area contributed by atoms with Gasteiger partial charge in [0.1, 0.15) is 0 Å². The number of nitrogens with zero attached hydrogens (tertiary/aromatic N) is 1. The van der Waals surface area contributed by atoms with Gasteiger partial charge in [-0.25, -0.2) is 4.90 Å². The van der Waals surface area contributed by atoms with E-state index in [1.54, 1.807) is 12.2 Å². The molecule has 0 aromatic heterocycles. The fourth-order valence-electron chi connectivity index (χ4n) is 3.38. The van der Waals surface area contributed by atoms with Gasteiger partial charge in [-0.3, -0.25) is 9.59 Å². The Hall–Kier alpha value is -2.15. The Bertz CT molecular complexity index is 682. The first-order chi connectivity index (χ1) is 10.4. The summed E-state index contributed by atoms with van der Waals surface area (Å²) in [5.41, 5.74) is -0.932. The summed E-state index contributed by atoms with van der Waals surface area (Å²) < 4.78 is 43.9. The van der Waals surface area contributed by atoms with Crippen LogP contribution in [-0.2, 0) is 20.5 Å². The molecule has 22 heavy (non-hydrogen) atoms. The Balaban J connectivity index is 1.73. The molecule has 2 fully saturated rings. The quantitative estimate of drug-likeness (QED) is 0.590. The van der Waals surface area contributed by atoms with Crippen molar-refractivity contribution >= 4 is 17.5 Å². The Morgan fingerprint density at radius 1 is 1.00 bits per heavy atom. The third-order valence-electron chi connectivity index (χ3n) is 4.34. The maximum Gasteiger partial charge on any atom is 0.416 e. The number of halogens is 3. The summed E-state index contributed by atoms with van der Waals surface area (Å²) >= 11 is 0. The molecule has 4 nitrogen and oxygen atoms in total. The van der Waals surface area contributed by atoms with Crippen molar-refractivity contribution < 1.29 is 27.5 Å². The van der Waals surface area contributed by atoms with Gasteiger partial charge in [0.05, 0.1) is 35.3 Å². The topological polar surface area (TPSA) is 46.6 Å². The van der Waals surface area contributed by atoms with E-state index in [2.05, 4.69) is 0 Å². The van der Waals surface area contributed by atoms with Gasteiger partial charge in [0, 0.05) is 0 Å². The second-order valence-corrected chi connectivity index (χ2v) is 5.56. The van der Waals surface area contributed by atoms with Crippen LogP contribution in [0.1, 0.15) is 5.56 Å². The number of carbonyl (C=O) groups is 2. The van der Waals surface area contributed by atoms with E-state index in [-0.39, 0.29) is 5.69 Å². The van der Waals surface area contributed by atoms with Gasteiger partial charge in [0.25, 0.3) is 0 Å². The van der Waals surface area contributed by atoms with E-state index < -0.39 is 47.6 Å². The summed E-state index contributed by atoms with van der Waals surface area (Å²) in [5, 5.41) is 0. The lowest BCUT2D eigenvalue weighted by atomic mass is 9.85. The molecular formula is C15H10F3NO3. The van der Waals surface area contributed by atoms with Crippen molar-refractivity contribution in [2.45, 2.75) is 18.4 Å². The molecule has 0 unspecified atom stereocenters. The molecule has 2 saturated heterocycles. The van der Waals surface area contributed by atoms with Gasteiger partial charge in [0.15, 0.2) is 0 Å². The molecule has 4 rings (SSSR count). The maximum absolute atomic E-state index is 12.8. The van der Waals surface area contributed by atoms with Crippen LogP contribution in [0.3, 0.4) is 0 Å². The molecule has 3 aliphatic rings. The predicted octanol–water partition coefficient (Wildman–Crippen LogP) is 2.15. The number of hydrogen-bond acceptors (Lipinski definition) is 3. The summed E-state index contributed by atoms with van der Waals surface area (Å²) in [6.07, 6.45) is -1.98. The molecule has 3 heterocycles. The maximum atomic E-state index is 12.8. The third-order valence-corrected chi connectivity index (χ3v) is 4.34. The predicted molar refractivity (Wildman–Crippen MR) is 68.7 cm³/mol. The van der Waals surface area contributed by atoms with Crippen molar-refractivity contribution in [1.82, 2.24) is 0 Å². The van der Waals surface area contributed by atoms with Crippen LogP contribution in [0.2, 0.25) is 0 Å². The standard InChI is InChI=1S/C15H10F3NO3/c16-15(17,18)7-2-1-3-8(6-7)19-13(20)11-9-4-5-10(22-9)12(11)14(19)21/h1-6,9-12H/t9-,10+,11+,12-. The third kappa shape index (κ3) is 1.68. The largest absolute Gasteiger partial charge is 0.416 e. The zero-order valence-corrected chi connectivity index (χ0v) is 11.1. The van der Waals surface area contributed by atoms with E-state index in [4.69, 9.17) is 4.74 Å². The minimum absolute atomic E-state index is 0.0429. The van der Waals surface area contributed by atoms with E-state index >= 15 is 0 Å². The second kappa shape index (κ2) is 4.19. The highest BCUT2D eigenvalue weighted by Gasteiger charge is 2.61. The molecule has 2 amide bonds. The van der Waals surface area contributed by atoms with Gasteiger partial charge >= 0.3 is 6.18 Å². The molecular weight excluding hydrogens is 299 g/mol. The minimum atomic E-state index is -4.53. The molecule has 7 heteroatoms. The number of benzene rings is 1. The van der Waals surface area contributed by atoms with Crippen molar-refractivity contribution in [1.29, 1.82) is 0 Å². The fraction of sp³-hybridized carbons (Fsp3) is 0.333. The van der Waals surface area contributed by atoms with Crippen molar-refractivity contribution in [3.63, 3.8) is 0 Å². The van der Waals surface area contributed by atoms with E-state index in [1.165, 1.54) is 12.1 Å². The smallest absolute Gasteiger partial charge is 0.365 e. The number of amides is 2. The summed E-state index contributed by atoms with van der Waals surface area (Å²) in [7, 11) is 0. The molecule has 4 atom stereocenters. The second-order valence-electron chi connectivity index (χ2n) is 5.56. The molecule has 2 bridgehead atoms. The number of imide groups is 1. The lowest BCUT2D eigenvalue weighted by Gasteiger charge is -2.18. The van der Waals surface area contributed by atoms with Crippen molar-refractivity contribution in [3.8, 4) is 0 Å². The molecule has 0 spiro atoms. The first kappa shape index (κ1) is 13.5. The fourth-order valence-corrected chi connectivity index (χ4v) is 3.38. The van der Waals surface area contributed by atoms with Crippen LogP contribution in [0.15, 0.2) is 36.4 Å². The molecule has 0 N–H and O–H groups in total. The molecule has 0 saturated carbocycles. The SMILES string of the molecule is O=C1[C@@H]2[C@H](C(=O)N1c1cccc(C(F)(F)F)c1)[C@@H]1C=C[C@H]2O1. The van der Waals surface area contributed by atoms with E-state index in [0.717, 1.165) is 17.0 Å². The van der Waals surface area contributed by atoms with E-state index in [0.29, 0.717) is 0 Å². The zero-order chi connectivity index (χ0) is 15.6. The normalized spacial score (nSPS) is 33.0. The van der Waals surface area contributed by atoms with Gasteiger partial charge in [-0.05, 0) is 18.2 Å². The lowest BCUT2D eigenvalue weighted by molar-refractivity contribution is -0.137. The molecule has 1 aromatic rings. The average molecular weight is 309 g/mol. The van der Waals surface area contributed by atoms with Crippen molar-refractivity contribution in [2.75, 3.05) is 4.90 Å². The number of alkyl halides is 3. The van der Waals surface area contributed by atoms with Crippen LogP contribution in [0.5, 0.6) is 0 Å². The van der Waals surface area contributed by atoms with Crippen LogP contribution >= 0.6 is 0 Å². The Morgan fingerprint density at radius 2 is 1.59 bits per heavy atom. The van der Waals surface area contributed by atoms with Gasteiger partial charge in [-0.2, -0.15) is 13.2 Å². The summed E-state index contributed by atoms with van der Waals surface area (Å²) in [6, 6.07) is 4.26. The summed E-state index contributed by atoms with van der Waals surface area (Å²) in [5.74, 6) is -2.24. The van der Waals surface area contributed by atoms with Crippen LogP contribution < -0.4 is 4.90 Å². The monoisotopic (exact) mass is 309 g/mol. The number of hydrogen-bond donors (Lipinski definition) is 0. The highest BCUT2D eigenvalue weighted by molar-refractivity contribution is 6.23. The summed E-state index contributed by atoms with van der Waals surface area (Å²) in [6.45, 7) is 0. The molecule has 0 radical (unpaired) electrons. The van der Waals surface area contributed by atoms with E-state index in [1.807, 2.05) is 0 Å². The summed E-state index contributed by atoms with van der Waals surface area (Å²) in [4.78, 5) is 25.8. The Kier molecular flexibility index (Phi) is 2.57. The van der Waals surface area contributed by atoms with Gasteiger partial charge in [-0.1, -0.05) is 18.2 Å². The number of anilines is 1. The average Bonchev–Trinajstić information content (AvgIpc) is 3.12. The molecule has 1 aromatic carbocycles. The van der Waals surface area contributed by atoms with Crippen LogP contribution in [0, 0.1) is 11.8 Å². The van der Waals surface area contributed by atoms with Gasteiger partial charge in [0.2, 0.25) is 11.8 Å². The molecule has 114 valence electrons. The first-order valence-corrected chi connectivity index (χ1v) is 6.77. The van der Waals surface area contributed by atoms with Crippen molar-refractivity contribution in [2.24, 2.45) is 11.8 Å². The van der Waals surface area contributed by atoms with Crippen molar-refractivity contribution in [3.05, 3.63) is 42.0 Å². The zero-order valence-electron chi connectivity index (χ0n) is 11.1. The minimum Gasteiger partial charge on any atom is -0.365 e. The number of ether oxygens (including phenoxy) is 1. The van der Waals surface area contributed by atoms with Crippen LogP contribution in [0.25, 0.3) is 0 Å². The first-order valence-electron chi connectivity index (χ1n) is 6.77. The Labute approximate surface area is 123 Å². The lowest BCUT2D eigenvalue weighted by Crippen LogP contribution is -2.34. The highest BCUT2D eigenvalue weighted by Crippen LogP contribution is 2.46. The Morgan fingerprint density at radius 3 is 2.14 bits per heavy atom. The highest BCUT2D eigenvalue weighted by atomic mass is 19.4.